The minimum Gasteiger partial charge on any atom is -0.550 e. The van der Waals surface area contributed by atoms with Gasteiger partial charge in [0.25, 0.3) is 5.91 Å². The molecular formula is C17H19Cl2N2O6S-. The highest BCUT2D eigenvalue weighted by molar-refractivity contribution is 7.89. The molecule has 2 heterocycles. The smallest absolute Gasteiger partial charge is 0.255 e. The van der Waals surface area contributed by atoms with Crippen LogP contribution in [0.25, 0.3) is 0 Å². The van der Waals surface area contributed by atoms with Gasteiger partial charge >= 0.3 is 0 Å². The highest BCUT2D eigenvalue weighted by atomic mass is 35.5. The highest BCUT2D eigenvalue weighted by Gasteiger charge is 2.31. The lowest BCUT2D eigenvalue weighted by atomic mass is 9.96. The van der Waals surface area contributed by atoms with Crippen molar-refractivity contribution in [2.24, 2.45) is 5.92 Å². The molecule has 0 aromatic heterocycles. The number of nitrogens with zero attached hydrogens (tertiary/aromatic N) is 2. The first kappa shape index (κ1) is 21.3. The normalized spacial score (nSPS) is 19.6. The number of hydrogen-bond acceptors (Lipinski definition) is 6. The highest BCUT2D eigenvalue weighted by Crippen LogP contribution is 2.32. The fourth-order valence-electron chi connectivity index (χ4n) is 3.31. The lowest BCUT2D eigenvalue weighted by Gasteiger charge is -2.32. The monoisotopic (exact) mass is 449 g/mol. The third kappa shape index (κ3) is 4.28. The average molecular weight is 450 g/mol. The predicted octanol–water partition coefficient (Wildman–Crippen LogP) is 0.616. The van der Waals surface area contributed by atoms with E-state index in [1.54, 1.807) is 0 Å². The van der Waals surface area contributed by atoms with Crippen molar-refractivity contribution >= 4 is 45.1 Å². The fraction of sp³-hybridized carbons (Fsp3) is 0.529. The number of ether oxygens (including phenoxy) is 1. The van der Waals surface area contributed by atoms with Crippen molar-refractivity contribution in [1.29, 1.82) is 0 Å². The molecule has 1 amide bonds. The zero-order valence-electron chi connectivity index (χ0n) is 14.9. The molecule has 1 aromatic carbocycles. The summed E-state index contributed by atoms with van der Waals surface area (Å²) in [5.74, 6) is -2.19. The third-order valence-electron chi connectivity index (χ3n) is 4.96. The van der Waals surface area contributed by atoms with E-state index in [0.717, 1.165) is 0 Å². The first-order valence-electron chi connectivity index (χ1n) is 8.79. The van der Waals surface area contributed by atoms with Crippen LogP contribution in [-0.4, -0.2) is 68.9 Å². The van der Waals surface area contributed by atoms with E-state index in [1.165, 1.54) is 21.3 Å². The van der Waals surface area contributed by atoms with Gasteiger partial charge in [-0.25, -0.2) is 8.42 Å². The van der Waals surface area contributed by atoms with Crippen molar-refractivity contribution in [2.45, 2.75) is 17.7 Å². The Morgan fingerprint density at radius 3 is 2.21 bits per heavy atom. The number of carbonyl (C=O) groups is 2. The SMILES string of the molecule is O=C([O-])C1CCN(C(=O)c2cc(S(=O)(=O)N3CCOCC3)c(Cl)cc2Cl)CC1. The molecule has 3 rings (SSSR count). The van der Waals surface area contributed by atoms with E-state index in [4.69, 9.17) is 27.9 Å². The number of carbonyl (C=O) groups excluding carboxylic acids is 2. The Labute approximate surface area is 173 Å². The molecule has 28 heavy (non-hydrogen) atoms. The van der Waals surface area contributed by atoms with Crippen LogP contribution in [0.3, 0.4) is 0 Å². The van der Waals surface area contributed by atoms with Crippen molar-refractivity contribution in [3.8, 4) is 0 Å². The third-order valence-corrected chi connectivity index (χ3v) is 7.63. The average Bonchev–Trinajstić information content (AvgIpc) is 2.68. The second-order valence-electron chi connectivity index (χ2n) is 6.66. The van der Waals surface area contributed by atoms with E-state index in [0.29, 0.717) is 0 Å². The minimum atomic E-state index is -3.91. The molecule has 1 aromatic rings. The van der Waals surface area contributed by atoms with Crippen LogP contribution in [0.2, 0.25) is 10.0 Å². The van der Waals surface area contributed by atoms with E-state index < -0.39 is 27.8 Å². The van der Waals surface area contributed by atoms with Gasteiger partial charge in [-0.05, 0) is 25.0 Å². The number of aliphatic carboxylic acids is 1. The van der Waals surface area contributed by atoms with Crippen molar-refractivity contribution in [1.82, 2.24) is 9.21 Å². The summed E-state index contributed by atoms with van der Waals surface area (Å²) in [5, 5.41) is 10.9. The van der Waals surface area contributed by atoms with Crippen molar-refractivity contribution < 1.29 is 27.9 Å². The largest absolute Gasteiger partial charge is 0.550 e. The number of benzene rings is 1. The zero-order valence-corrected chi connectivity index (χ0v) is 17.2. The van der Waals surface area contributed by atoms with Crippen LogP contribution >= 0.6 is 23.2 Å². The predicted molar refractivity (Wildman–Crippen MR) is 99.7 cm³/mol. The van der Waals surface area contributed by atoms with Crippen LogP contribution in [0.1, 0.15) is 23.2 Å². The molecule has 0 N–H and O–H groups in total. The van der Waals surface area contributed by atoms with Crippen LogP contribution in [0.15, 0.2) is 17.0 Å². The topological polar surface area (TPSA) is 107 Å². The van der Waals surface area contributed by atoms with Gasteiger partial charge in [0.1, 0.15) is 4.90 Å². The van der Waals surface area contributed by atoms with E-state index in [2.05, 4.69) is 0 Å². The second kappa shape index (κ2) is 8.54. The molecule has 2 aliphatic rings. The van der Waals surface area contributed by atoms with Gasteiger partial charge in [0.15, 0.2) is 0 Å². The molecule has 2 aliphatic heterocycles. The lowest BCUT2D eigenvalue weighted by Crippen LogP contribution is -2.43. The minimum absolute atomic E-state index is 0.0183. The summed E-state index contributed by atoms with van der Waals surface area (Å²) in [7, 11) is -3.91. The molecule has 0 radical (unpaired) electrons. The number of piperidine rings is 1. The van der Waals surface area contributed by atoms with Gasteiger partial charge in [0, 0.05) is 38.1 Å². The summed E-state index contributed by atoms with van der Waals surface area (Å²) in [6.45, 7) is 1.40. The first-order valence-corrected chi connectivity index (χ1v) is 11.0. The Morgan fingerprint density at radius 2 is 1.64 bits per heavy atom. The Kier molecular flexibility index (Phi) is 6.51. The van der Waals surface area contributed by atoms with Crippen molar-refractivity contribution in [3.63, 3.8) is 0 Å². The first-order chi connectivity index (χ1) is 13.2. The van der Waals surface area contributed by atoms with E-state index in [-0.39, 0.29) is 72.7 Å². The van der Waals surface area contributed by atoms with Crippen LogP contribution in [0, 0.1) is 5.92 Å². The van der Waals surface area contributed by atoms with Gasteiger partial charge in [-0.15, -0.1) is 0 Å². The summed E-state index contributed by atoms with van der Waals surface area (Å²) in [6.07, 6.45) is 0.552. The summed E-state index contributed by atoms with van der Waals surface area (Å²) in [4.78, 5) is 25.1. The second-order valence-corrected chi connectivity index (χ2v) is 9.39. The van der Waals surface area contributed by atoms with Gasteiger partial charge in [-0.2, -0.15) is 4.31 Å². The molecule has 11 heteroatoms. The van der Waals surface area contributed by atoms with Gasteiger partial charge in [0.05, 0.1) is 28.8 Å². The summed E-state index contributed by atoms with van der Waals surface area (Å²) in [5.41, 5.74) is 0.0183. The van der Waals surface area contributed by atoms with Crippen LogP contribution < -0.4 is 5.11 Å². The number of sulfonamides is 1. The van der Waals surface area contributed by atoms with Gasteiger partial charge in [-0.1, -0.05) is 23.2 Å². The molecule has 8 nitrogen and oxygen atoms in total. The molecular weight excluding hydrogens is 431 g/mol. The maximum Gasteiger partial charge on any atom is 0.255 e. The number of carboxylic acid groups (broad SMARTS) is 1. The molecule has 154 valence electrons. The number of morpholine rings is 1. The Balaban J connectivity index is 1.87. The molecule has 0 aliphatic carbocycles. The number of rotatable bonds is 4. The Morgan fingerprint density at radius 1 is 1.04 bits per heavy atom. The number of likely N-dealkylation sites (tertiary alicyclic amines) is 1. The maximum absolute atomic E-state index is 12.9. The Hall–Kier alpha value is -1.39. The molecule has 0 atom stereocenters. The number of hydrogen-bond donors (Lipinski definition) is 0. The molecule has 0 bridgehead atoms. The van der Waals surface area contributed by atoms with Gasteiger partial charge in [0.2, 0.25) is 10.0 Å². The van der Waals surface area contributed by atoms with Crippen LogP contribution in [0.5, 0.6) is 0 Å². The number of carboxylic acids is 1. The summed E-state index contributed by atoms with van der Waals surface area (Å²) in [6, 6.07) is 2.44. The maximum atomic E-state index is 12.9. The quantitative estimate of drug-likeness (QED) is 0.666. The number of halogens is 2. The number of amides is 1. The lowest BCUT2D eigenvalue weighted by molar-refractivity contribution is -0.312. The molecule has 0 spiro atoms. The summed E-state index contributed by atoms with van der Waals surface area (Å²) >= 11 is 12.3. The van der Waals surface area contributed by atoms with Crippen LogP contribution in [-0.2, 0) is 19.6 Å². The Bertz CT molecular complexity index is 878. The standard InChI is InChI=1S/C17H20Cl2N2O6S/c18-13-10-14(19)15(28(25,26)21-5-7-27-8-6-21)9-12(13)16(22)20-3-1-11(2-4-20)17(23)24/h9-11H,1-8H2,(H,23,24)/p-1. The molecule has 2 fully saturated rings. The molecule has 0 unspecified atom stereocenters. The van der Waals surface area contributed by atoms with Gasteiger partial charge < -0.3 is 19.5 Å². The fourth-order valence-corrected chi connectivity index (χ4v) is 5.54. The van der Waals surface area contributed by atoms with Crippen molar-refractivity contribution in [3.05, 3.63) is 27.7 Å². The molecule has 0 saturated carbocycles. The van der Waals surface area contributed by atoms with Crippen molar-refractivity contribution in [2.75, 3.05) is 39.4 Å². The zero-order chi connectivity index (χ0) is 20.5. The van der Waals surface area contributed by atoms with E-state index >= 15 is 0 Å². The summed E-state index contributed by atoms with van der Waals surface area (Å²) < 4.78 is 32.3. The van der Waals surface area contributed by atoms with E-state index in [9.17, 15) is 23.1 Å². The molecule has 2 saturated heterocycles. The van der Waals surface area contributed by atoms with Gasteiger partial charge in [-0.3, -0.25) is 4.79 Å². The van der Waals surface area contributed by atoms with E-state index in [1.807, 2.05) is 0 Å². The van der Waals surface area contributed by atoms with Crippen LogP contribution in [0.4, 0.5) is 0 Å².